The second-order valence-electron chi connectivity index (χ2n) is 3.74. The summed E-state index contributed by atoms with van der Waals surface area (Å²) in [5.41, 5.74) is 1.11. The minimum absolute atomic E-state index is 0.965. The van der Waals surface area contributed by atoms with Crippen molar-refractivity contribution in [3.05, 3.63) is 28.7 Å². The molecule has 1 heterocycles. The lowest BCUT2D eigenvalue weighted by Gasteiger charge is -2.09. The molecule has 0 fully saturated rings. The topological polar surface area (TPSA) is 24.4 Å². The van der Waals surface area contributed by atoms with Crippen LogP contribution in [0.15, 0.2) is 33.7 Å². The summed E-state index contributed by atoms with van der Waals surface area (Å²) in [4.78, 5) is 4.54. The monoisotopic (exact) mass is 266 g/mol. The number of halogens is 1. The minimum Gasteiger partial charge on any atom is -0.343 e. The third-order valence-electron chi connectivity index (χ3n) is 2.53. The lowest BCUT2D eigenvalue weighted by atomic mass is 10.2. The van der Waals surface area contributed by atoms with Crippen molar-refractivity contribution in [2.75, 3.05) is 11.9 Å². The van der Waals surface area contributed by atoms with Gasteiger partial charge in [-0.15, -0.1) is 0 Å². The van der Waals surface area contributed by atoms with Crippen LogP contribution < -0.4 is 5.32 Å². The third-order valence-corrected chi connectivity index (χ3v) is 3.22. The first-order valence-electron chi connectivity index (χ1n) is 5.41. The van der Waals surface area contributed by atoms with Gasteiger partial charge in [0.05, 0.1) is 5.69 Å². The van der Waals surface area contributed by atoms with Crippen molar-refractivity contribution in [3.63, 3.8) is 0 Å². The van der Waals surface area contributed by atoms with Crippen LogP contribution in [0.3, 0.4) is 0 Å². The van der Waals surface area contributed by atoms with E-state index < -0.39 is 0 Å². The van der Waals surface area contributed by atoms with E-state index in [1.807, 2.05) is 18.2 Å². The predicted octanol–water partition coefficient (Wildman–Crippen LogP) is 3.83. The van der Waals surface area contributed by atoms with Crippen LogP contribution in [0, 0.1) is 0 Å². The zero-order chi connectivity index (χ0) is 10.5. The number of hydrogen-bond donors (Lipinski definition) is 1. The Morgan fingerprint density at radius 1 is 1.13 bits per heavy atom. The van der Waals surface area contributed by atoms with E-state index in [2.05, 4.69) is 32.3 Å². The highest BCUT2D eigenvalue weighted by Gasteiger charge is 2.05. The Bertz CT molecular complexity index is 360. The van der Waals surface area contributed by atoms with Gasteiger partial charge in [-0.05, 0) is 40.9 Å². The molecule has 0 spiro atoms. The average molecular weight is 267 g/mol. The number of amidine groups is 1. The number of hydrogen-bond acceptors (Lipinski definition) is 2. The summed E-state index contributed by atoms with van der Waals surface area (Å²) in [6, 6.07) is 8.16. The van der Waals surface area contributed by atoms with E-state index in [0.29, 0.717) is 0 Å². The first-order valence-corrected chi connectivity index (χ1v) is 6.20. The van der Waals surface area contributed by atoms with Crippen molar-refractivity contribution in [1.82, 2.24) is 0 Å². The zero-order valence-corrected chi connectivity index (χ0v) is 10.3. The van der Waals surface area contributed by atoms with Crippen LogP contribution in [0.1, 0.15) is 25.7 Å². The number of nitrogens with zero attached hydrogens (tertiary/aromatic N) is 1. The molecule has 0 bridgehead atoms. The molecule has 15 heavy (non-hydrogen) atoms. The van der Waals surface area contributed by atoms with Crippen molar-refractivity contribution in [2.45, 2.75) is 25.7 Å². The maximum atomic E-state index is 4.54. The standard InChI is InChI=1S/C12H15BrN2/c13-10-6-3-4-7-11(10)15-12-8-2-1-5-9-14-12/h3-4,6-7H,1-2,5,8-9H2,(H,14,15). The lowest BCUT2D eigenvalue weighted by molar-refractivity contribution is 0.731. The number of rotatable bonds is 1. The molecule has 0 saturated heterocycles. The van der Waals surface area contributed by atoms with Gasteiger partial charge in [-0.25, -0.2) is 0 Å². The Morgan fingerprint density at radius 2 is 2.00 bits per heavy atom. The van der Waals surface area contributed by atoms with Crippen LogP contribution in [-0.2, 0) is 0 Å². The van der Waals surface area contributed by atoms with Gasteiger partial charge in [0.1, 0.15) is 5.84 Å². The van der Waals surface area contributed by atoms with Crippen LogP contribution in [0.2, 0.25) is 0 Å². The van der Waals surface area contributed by atoms with E-state index in [4.69, 9.17) is 0 Å². The van der Waals surface area contributed by atoms with Gasteiger partial charge in [-0.1, -0.05) is 18.6 Å². The molecule has 1 aromatic rings. The zero-order valence-electron chi connectivity index (χ0n) is 8.67. The number of benzene rings is 1. The van der Waals surface area contributed by atoms with Gasteiger partial charge < -0.3 is 5.32 Å². The quantitative estimate of drug-likeness (QED) is 0.821. The molecule has 1 aromatic carbocycles. The molecule has 0 atom stereocenters. The molecule has 0 aromatic heterocycles. The molecule has 0 radical (unpaired) electrons. The van der Waals surface area contributed by atoms with Crippen molar-refractivity contribution in [1.29, 1.82) is 0 Å². The molecule has 0 unspecified atom stereocenters. The van der Waals surface area contributed by atoms with E-state index in [1.54, 1.807) is 0 Å². The summed E-state index contributed by atoms with van der Waals surface area (Å²) in [7, 11) is 0. The highest BCUT2D eigenvalue weighted by atomic mass is 79.9. The summed E-state index contributed by atoms with van der Waals surface area (Å²) < 4.78 is 1.09. The van der Waals surface area contributed by atoms with E-state index in [1.165, 1.54) is 19.3 Å². The number of aliphatic imine (C=N–C) groups is 1. The first kappa shape index (κ1) is 10.7. The molecule has 3 heteroatoms. The van der Waals surface area contributed by atoms with Crippen molar-refractivity contribution < 1.29 is 0 Å². The molecular weight excluding hydrogens is 252 g/mol. The van der Waals surface area contributed by atoms with E-state index in [-0.39, 0.29) is 0 Å². The van der Waals surface area contributed by atoms with E-state index in [0.717, 1.165) is 29.0 Å². The molecule has 2 nitrogen and oxygen atoms in total. The molecule has 0 saturated carbocycles. The molecule has 0 aliphatic carbocycles. The average Bonchev–Trinajstić information content (AvgIpc) is 2.50. The van der Waals surface area contributed by atoms with E-state index in [9.17, 15) is 0 Å². The van der Waals surface area contributed by atoms with Crippen LogP contribution in [0.25, 0.3) is 0 Å². The Labute approximate surface area is 98.9 Å². The molecular formula is C12H15BrN2. The maximum Gasteiger partial charge on any atom is 0.101 e. The van der Waals surface area contributed by atoms with Crippen molar-refractivity contribution >= 4 is 27.5 Å². The van der Waals surface area contributed by atoms with Crippen molar-refractivity contribution in [3.8, 4) is 0 Å². The Balaban J connectivity index is 2.07. The minimum atomic E-state index is 0.965. The Kier molecular flexibility index (Phi) is 3.78. The van der Waals surface area contributed by atoms with Crippen LogP contribution in [0.5, 0.6) is 0 Å². The second-order valence-corrected chi connectivity index (χ2v) is 4.60. The summed E-state index contributed by atoms with van der Waals surface area (Å²) in [5.74, 6) is 1.12. The number of para-hydroxylation sites is 1. The largest absolute Gasteiger partial charge is 0.343 e. The predicted molar refractivity (Wildman–Crippen MR) is 68.5 cm³/mol. The normalized spacial score (nSPS) is 16.7. The van der Waals surface area contributed by atoms with Gasteiger partial charge in [0, 0.05) is 17.4 Å². The SMILES string of the molecule is Brc1ccccc1NC1=NCCCCC1. The fourth-order valence-electron chi connectivity index (χ4n) is 1.69. The Hall–Kier alpha value is -0.830. The fourth-order valence-corrected chi connectivity index (χ4v) is 2.08. The van der Waals surface area contributed by atoms with Gasteiger partial charge in [0.2, 0.25) is 0 Å². The molecule has 1 aliphatic heterocycles. The fraction of sp³-hybridized carbons (Fsp3) is 0.417. The molecule has 1 aliphatic rings. The lowest BCUT2D eigenvalue weighted by Crippen LogP contribution is -2.11. The van der Waals surface area contributed by atoms with Crippen LogP contribution >= 0.6 is 15.9 Å². The molecule has 80 valence electrons. The van der Waals surface area contributed by atoms with E-state index >= 15 is 0 Å². The van der Waals surface area contributed by atoms with Gasteiger partial charge >= 0.3 is 0 Å². The summed E-state index contributed by atoms with van der Waals surface area (Å²) in [6.45, 7) is 0.965. The van der Waals surface area contributed by atoms with Crippen LogP contribution in [0.4, 0.5) is 5.69 Å². The smallest absolute Gasteiger partial charge is 0.101 e. The summed E-state index contributed by atoms with van der Waals surface area (Å²) in [5, 5.41) is 3.39. The van der Waals surface area contributed by atoms with Crippen LogP contribution in [-0.4, -0.2) is 12.4 Å². The molecule has 1 N–H and O–H groups in total. The summed E-state index contributed by atoms with van der Waals surface area (Å²) in [6.07, 6.45) is 4.84. The highest BCUT2D eigenvalue weighted by Crippen LogP contribution is 2.22. The van der Waals surface area contributed by atoms with Gasteiger partial charge in [-0.3, -0.25) is 4.99 Å². The summed E-state index contributed by atoms with van der Waals surface area (Å²) >= 11 is 3.53. The van der Waals surface area contributed by atoms with Crippen molar-refractivity contribution in [2.24, 2.45) is 4.99 Å². The number of nitrogens with one attached hydrogen (secondary N) is 1. The Morgan fingerprint density at radius 3 is 2.87 bits per heavy atom. The first-order chi connectivity index (χ1) is 7.36. The van der Waals surface area contributed by atoms with Gasteiger partial charge in [0.25, 0.3) is 0 Å². The third kappa shape index (κ3) is 3.06. The second kappa shape index (κ2) is 5.31. The highest BCUT2D eigenvalue weighted by molar-refractivity contribution is 9.10. The maximum absolute atomic E-state index is 4.54. The number of anilines is 1. The molecule has 0 amide bonds. The van der Waals surface area contributed by atoms with Gasteiger partial charge in [-0.2, -0.15) is 0 Å². The molecule has 2 rings (SSSR count). The van der Waals surface area contributed by atoms with Gasteiger partial charge in [0.15, 0.2) is 0 Å².